The number of para-hydroxylation sites is 1. The molecule has 8 heteroatoms. The van der Waals surface area contributed by atoms with E-state index in [1.807, 2.05) is 61.7 Å². The number of esters is 1. The molecule has 0 spiro atoms. The summed E-state index contributed by atoms with van der Waals surface area (Å²) in [5.74, 6) is -0.447. The van der Waals surface area contributed by atoms with E-state index in [2.05, 4.69) is 10.1 Å². The van der Waals surface area contributed by atoms with Crippen LogP contribution >= 0.6 is 0 Å². The van der Waals surface area contributed by atoms with Crippen molar-refractivity contribution >= 4 is 22.5 Å². The smallest absolute Gasteiger partial charge is 0.334 e. The molecule has 4 heterocycles. The van der Waals surface area contributed by atoms with Gasteiger partial charge >= 0.3 is 11.7 Å². The first kappa shape index (κ1) is 19.7. The highest BCUT2D eigenvalue weighted by Crippen LogP contribution is 2.25. The van der Waals surface area contributed by atoms with Crippen molar-refractivity contribution in [1.29, 1.82) is 0 Å². The fourth-order valence-corrected chi connectivity index (χ4v) is 4.01. The molecule has 0 aliphatic heterocycles. The molecule has 4 aromatic heterocycles. The van der Waals surface area contributed by atoms with Crippen LogP contribution in [0.3, 0.4) is 0 Å². The van der Waals surface area contributed by atoms with Crippen LogP contribution in [-0.2, 0) is 16.1 Å². The Morgan fingerprint density at radius 2 is 1.88 bits per heavy atom. The maximum absolute atomic E-state index is 13.3. The number of aryl methyl sites for hydroxylation is 1. The van der Waals surface area contributed by atoms with Gasteiger partial charge in [-0.3, -0.25) is 18.9 Å². The number of hydrogen-bond acceptors (Lipinski definition) is 5. The van der Waals surface area contributed by atoms with Crippen molar-refractivity contribution in [3.05, 3.63) is 83.2 Å². The van der Waals surface area contributed by atoms with Crippen LogP contribution in [0.5, 0.6) is 0 Å². The van der Waals surface area contributed by atoms with Gasteiger partial charge in [0.05, 0.1) is 46.9 Å². The summed E-state index contributed by atoms with van der Waals surface area (Å²) in [4.78, 5) is 30.1. The molecule has 1 aromatic carbocycles. The minimum atomic E-state index is -0.447. The standard InChI is InChI=1S/C24H21N5O3/c1-3-32-22(30)15-27-21-9-6-7-16(2)23(21)29(24(27)31)17-10-11-19(25-13-17)18-14-26-28-12-5-4-8-20(18)28/h4-14H,3,15H2,1-2H3. The molecule has 5 aromatic rings. The summed E-state index contributed by atoms with van der Waals surface area (Å²) >= 11 is 0. The van der Waals surface area contributed by atoms with Gasteiger partial charge in [0.15, 0.2) is 0 Å². The van der Waals surface area contributed by atoms with E-state index in [1.165, 1.54) is 4.57 Å². The predicted molar refractivity (Wildman–Crippen MR) is 121 cm³/mol. The molecule has 0 fully saturated rings. The van der Waals surface area contributed by atoms with E-state index >= 15 is 0 Å². The number of carbonyl (C=O) groups excluding carboxylic acids is 1. The van der Waals surface area contributed by atoms with Crippen molar-refractivity contribution < 1.29 is 9.53 Å². The van der Waals surface area contributed by atoms with E-state index < -0.39 is 5.97 Å². The predicted octanol–water partition coefficient (Wildman–Crippen LogP) is 3.37. The highest BCUT2D eigenvalue weighted by molar-refractivity contribution is 5.83. The van der Waals surface area contributed by atoms with Crippen LogP contribution < -0.4 is 5.69 Å². The molecule has 0 bridgehead atoms. The monoisotopic (exact) mass is 427 g/mol. The first-order chi connectivity index (χ1) is 15.6. The zero-order valence-electron chi connectivity index (χ0n) is 17.7. The number of ether oxygens (including phenoxy) is 1. The third-order valence-electron chi connectivity index (χ3n) is 5.45. The van der Waals surface area contributed by atoms with E-state index in [1.54, 1.807) is 28.4 Å². The van der Waals surface area contributed by atoms with Gasteiger partial charge in [0.25, 0.3) is 0 Å². The van der Waals surface area contributed by atoms with E-state index in [9.17, 15) is 9.59 Å². The minimum Gasteiger partial charge on any atom is -0.465 e. The van der Waals surface area contributed by atoms with E-state index in [0.29, 0.717) is 11.2 Å². The average molecular weight is 427 g/mol. The SMILES string of the molecule is CCOC(=O)Cn1c(=O)n(-c2ccc(-c3cnn4ccccc34)nc2)c2c(C)cccc21. The van der Waals surface area contributed by atoms with Crippen molar-refractivity contribution in [2.75, 3.05) is 6.61 Å². The van der Waals surface area contributed by atoms with Gasteiger partial charge in [0.1, 0.15) is 6.54 Å². The van der Waals surface area contributed by atoms with Crippen LogP contribution in [0.15, 0.2) is 71.9 Å². The lowest BCUT2D eigenvalue weighted by atomic mass is 10.1. The van der Waals surface area contributed by atoms with Crippen LogP contribution in [-0.4, -0.2) is 36.3 Å². The quantitative estimate of drug-likeness (QED) is 0.402. The molecule has 0 saturated carbocycles. The van der Waals surface area contributed by atoms with E-state index in [0.717, 1.165) is 27.9 Å². The van der Waals surface area contributed by atoms with Crippen molar-refractivity contribution in [2.45, 2.75) is 20.4 Å². The second-order valence-electron chi connectivity index (χ2n) is 7.44. The number of hydrogen-bond donors (Lipinski definition) is 0. The van der Waals surface area contributed by atoms with Gasteiger partial charge in [-0.2, -0.15) is 5.10 Å². The molecule has 0 aliphatic rings. The Kier molecular flexibility index (Phi) is 4.82. The topological polar surface area (TPSA) is 83.4 Å². The number of pyridine rings is 2. The van der Waals surface area contributed by atoms with Crippen LogP contribution in [0, 0.1) is 6.92 Å². The summed E-state index contributed by atoms with van der Waals surface area (Å²) in [5.41, 5.74) is 5.27. The molecular formula is C24H21N5O3. The van der Waals surface area contributed by atoms with Gasteiger partial charge in [0, 0.05) is 11.8 Å². The summed E-state index contributed by atoms with van der Waals surface area (Å²) in [6.45, 7) is 3.80. The van der Waals surface area contributed by atoms with Crippen LogP contribution in [0.1, 0.15) is 12.5 Å². The lowest BCUT2D eigenvalue weighted by molar-refractivity contribution is -0.143. The van der Waals surface area contributed by atoms with Crippen LogP contribution in [0.4, 0.5) is 0 Å². The molecule has 0 saturated heterocycles. The van der Waals surface area contributed by atoms with Crippen molar-refractivity contribution in [1.82, 2.24) is 23.7 Å². The molecule has 8 nitrogen and oxygen atoms in total. The van der Waals surface area contributed by atoms with Gasteiger partial charge in [-0.05, 0) is 49.7 Å². The van der Waals surface area contributed by atoms with Crippen molar-refractivity contribution in [3.8, 4) is 16.9 Å². The summed E-state index contributed by atoms with van der Waals surface area (Å²) in [7, 11) is 0. The van der Waals surface area contributed by atoms with E-state index in [4.69, 9.17) is 4.74 Å². The molecule has 0 amide bonds. The van der Waals surface area contributed by atoms with Gasteiger partial charge in [-0.1, -0.05) is 18.2 Å². The molecule has 32 heavy (non-hydrogen) atoms. The fraction of sp³-hybridized carbons (Fsp3) is 0.167. The Morgan fingerprint density at radius 1 is 1.03 bits per heavy atom. The first-order valence-electron chi connectivity index (χ1n) is 10.3. The normalized spacial score (nSPS) is 11.3. The highest BCUT2D eigenvalue weighted by atomic mass is 16.5. The molecule has 0 aliphatic carbocycles. The Balaban J connectivity index is 1.63. The number of nitrogens with zero attached hydrogens (tertiary/aromatic N) is 5. The van der Waals surface area contributed by atoms with Gasteiger partial charge in [-0.25, -0.2) is 9.31 Å². The molecule has 5 rings (SSSR count). The minimum absolute atomic E-state index is 0.145. The number of imidazole rings is 1. The number of fused-ring (bicyclic) bond motifs is 2. The van der Waals surface area contributed by atoms with Gasteiger partial charge in [0.2, 0.25) is 0 Å². The second-order valence-corrected chi connectivity index (χ2v) is 7.44. The summed E-state index contributed by atoms with van der Waals surface area (Å²) in [6, 6.07) is 15.2. The Labute approximate surface area is 183 Å². The first-order valence-corrected chi connectivity index (χ1v) is 10.3. The Morgan fingerprint density at radius 3 is 2.66 bits per heavy atom. The van der Waals surface area contributed by atoms with E-state index in [-0.39, 0.29) is 18.8 Å². The van der Waals surface area contributed by atoms with Crippen LogP contribution in [0.2, 0.25) is 0 Å². The molecule has 0 N–H and O–H groups in total. The molecule has 0 radical (unpaired) electrons. The number of benzene rings is 1. The van der Waals surface area contributed by atoms with Crippen molar-refractivity contribution in [3.63, 3.8) is 0 Å². The van der Waals surface area contributed by atoms with Crippen LogP contribution in [0.25, 0.3) is 33.5 Å². The third-order valence-corrected chi connectivity index (χ3v) is 5.45. The Bertz CT molecular complexity index is 1510. The lowest BCUT2D eigenvalue weighted by Crippen LogP contribution is -2.27. The Hall–Kier alpha value is -4.20. The molecule has 160 valence electrons. The highest BCUT2D eigenvalue weighted by Gasteiger charge is 2.19. The maximum atomic E-state index is 13.3. The maximum Gasteiger partial charge on any atom is 0.334 e. The van der Waals surface area contributed by atoms with Gasteiger partial charge in [-0.15, -0.1) is 0 Å². The number of rotatable bonds is 5. The zero-order chi connectivity index (χ0) is 22.2. The van der Waals surface area contributed by atoms with Crippen molar-refractivity contribution in [2.24, 2.45) is 0 Å². The molecule has 0 atom stereocenters. The summed E-state index contributed by atoms with van der Waals surface area (Å²) in [6.07, 6.45) is 5.33. The van der Waals surface area contributed by atoms with Gasteiger partial charge < -0.3 is 4.74 Å². The summed E-state index contributed by atoms with van der Waals surface area (Å²) in [5, 5.41) is 4.36. The third kappa shape index (κ3) is 3.17. The fourth-order valence-electron chi connectivity index (χ4n) is 4.01. The largest absolute Gasteiger partial charge is 0.465 e. The number of aromatic nitrogens is 5. The average Bonchev–Trinajstić information content (AvgIpc) is 3.35. The summed E-state index contributed by atoms with van der Waals surface area (Å²) < 4.78 is 9.89. The molecule has 0 unspecified atom stereocenters. The molecular weight excluding hydrogens is 406 g/mol. The second kappa shape index (κ2) is 7.81. The number of carbonyl (C=O) groups is 1. The lowest BCUT2D eigenvalue weighted by Gasteiger charge is -2.06. The zero-order valence-corrected chi connectivity index (χ0v) is 17.7.